The number of benzene rings is 1. The summed E-state index contributed by atoms with van der Waals surface area (Å²) in [5, 5.41) is 8.02. The van der Waals surface area contributed by atoms with Gasteiger partial charge in [0.1, 0.15) is 0 Å². The number of carbonyl (C=O) groups is 1. The van der Waals surface area contributed by atoms with E-state index in [1.165, 1.54) is 0 Å². The largest absolute Gasteiger partial charge is 0.337 e. The summed E-state index contributed by atoms with van der Waals surface area (Å²) < 4.78 is 2.10. The lowest BCUT2D eigenvalue weighted by Gasteiger charge is -2.33. The molecule has 1 N–H and O–H groups in total. The number of likely N-dealkylation sites (tertiary alicyclic amines) is 1. The molecule has 0 bridgehead atoms. The van der Waals surface area contributed by atoms with Crippen molar-refractivity contribution in [1.29, 1.82) is 0 Å². The number of hydrogen-bond donors (Lipinski definition) is 1. The summed E-state index contributed by atoms with van der Waals surface area (Å²) in [4.78, 5) is 19.1. The topological polar surface area (TPSA) is 66.8 Å². The van der Waals surface area contributed by atoms with E-state index >= 15 is 0 Å². The Morgan fingerprint density at radius 3 is 3.13 bits per heavy atom. The molecule has 2 aromatic heterocycles. The van der Waals surface area contributed by atoms with Gasteiger partial charge in [0.25, 0.3) is 5.91 Å². The molecule has 1 aliphatic heterocycles. The third kappa shape index (κ3) is 2.50. The maximum Gasteiger partial charge on any atom is 0.256 e. The Kier molecular flexibility index (Phi) is 3.37. The first kappa shape index (κ1) is 14.0. The molecule has 1 saturated heterocycles. The lowest BCUT2D eigenvalue weighted by atomic mass is 10.0. The zero-order valence-electron chi connectivity index (χ0n) is 13.1. The molecule has 6 heteroatoms. The van der Waals surface area contributed by atoms with Crippen molar-refractivity contribution in [3.8, 4) is 0 Å². The normalized spacial score (nSPS) is 18.5. The molecule has 4 rings (SSSR count). The molecular formula is C17H19N5O. The van der Waals surface area contributed by atoms with Gasteiger partial charge in [-0.2, -0.15) is 5.10 Å². The third-order valence-corrected chi connectivity index (χ3v) is 4.55. The predicted octanol–water partition coefficient (Wildman–Crippen LogP) is 2.55. The fourth-order valence-electron chi connectivity index (χ4n) is 3.41. The third-order valence-electron chi connectivity index (χ3n) is 4.55. The molecule has 1 aliphatic rings. The quantitative estimate of drug-likeness (QED) is 0.791. The summed E-state index contributed by atoms with van der Waals surface area (Å²) >= 11 is 0. The Bertz CT molecular complexity index is 836. The van der Waals surface area contributed by atoms with Crippen molar-refractivity contribution in [2.24, 2.45) is 0 Å². The molecule has 0 spiro atoms. The van der Waals surface area contributed by atoms with Gasteiger partial charge >= 0.3 is 0 Å². The van der Waals surface area contributed by atoms with Gasteiger partial charge in [-0.1, -0.05) is 0 Å². The number of H-pyrrole nitrogens is 1. The fraction of sp³-hybridized carbons (Fsp3) is 0.353. The summed E-state index contributed by atoms with van der Waals surface area (Å²) in [5.41, 5.74) is 2.61. The number of carbonyl (C=O) groups excluding carboxylic acids is 1. The first-order valence-electron chi connectivity index (χ1n) is 7.93. The van der Waals surface area contributed by atoms with Crippen LogP contribution in [0.3, 0.4) is 0 Å². The van der Waals surface area contributed by atoms with Crippen LogP contribution < -0.4 is 0 Å². The van der Waals surface area contributed by atoms with Crippen LogP contribution in [0.1, 0.15) is 34.8 Å². The molecule has 1 atom stereocenters. The van der Waals surface area contributed by atoms with Crippen LogP contribution in [0.25, 0.3) is 10.9 Å². The highest BCUT2D eigenvalue weighted by molar-refractivity contribution is 6.05. The van der Waals surface area contributed by atoms with Crippen molar-refractivity contribution in [2.75, 3.05) is 13.1 Å². The van der Waals surface area contributed by atoms with Crippen LogP contribution >= 0.6 is 0 Å². The van der Waals surface area contributed by atoms with Crippen LogP contribution in [0.15, 0.2) is 37.1 Å². The smallest absolute Gasteiger partial charge is 0.256 e. The van der Waals surface area contributed by atoms with Gasteiger partial charge in [-0.15, -0.1) is 0 Å². The summed E-state index contributed by atoms with van der Waals surface area (Å²) in [5.74, 6) is 0.0766. The van der Waals surface area contributed by atoms with Crippen LogP contribution in [0.4, 0.5) is 0 Å². The molecule has 23 heavy (non-hydrogen) atoms. The lowest BCUT2D eigenvalue weighted by molar-refractivity contribution is 0.0681. The van der Waals surface area contributed by atoms with E-state index in [0.717, 1.165) is 42.4 Å². The molecule has 1 aromatic carbocycles. The van der Waals surface area contributed by atoms with E-state index in [4.69, 9.17) is 0 Å². The maximum absolute atomic E-state index is 13.0. The molecule has 1 unspecified atom stereocenters. The Morgan fingerprint density at radius 1 is 1.39 bits per heavy atom. The lowest BCUT2D eigenvalue weighted by Crippen LogP contribution is -2.40. The molecule has 3 heterocycles. The van der Waals surface area contributed by atoms with E-state index in [9.17, 15) is 4.79 Å². The van der Waals surface area contributed by atoms with Crippen molar-refractivity contribution in [3.05, 3.63) is 48.2 Å². The number of aryl methyl sites for hydroxylation is 1. The molecule has 0 saturated carbocycles. The summed E-state index contributed by atoms with van der Waals surface area (Å²) in [7, 11) is 0. The Balaban J connectivity index is 1.64. The van der Waals surface area contributed by atoms with Gasteiger partial charge in [0.2, 0.25) is 0 Å². The highest BCUT2D eigenvalue weighted by atomic mass is 16.2. The van der Waals surface area contributed by atoms with E-state index in [-0.39, 0.29) is 5.91 Å². The van der Waals surface area contributed by atoms with E-state index in [2.05, 4.69) is 19.7 Å². The van der Waals surface area contributed by atoms with Gasteiger partial charge in [0.05, 0.1) is 29.6 Å². The van der Waals surface area contributed by atoms with E-state index in [1.807, 2.05) is 36.5 Å². The van der Waals surface area contributed by atoms with Gasteiger partial charge < -0.3 is 9.47 Å². The van der Waals surface area contributed by atoms with Gasteiger partial charge in [0.15, 0.2) is 0 Å². The second-order valence-electron chi connectivity index (χ2n) is 6.20. The summed E-state index contributed by atoms with van der Waals surface area (Å²) in [6.07, 6.45) is 9.44. The molecule has 6 nitrogen and oxygen atoms in total. The number of imidazole rings is 1. The number of piperidine rings is 1. The zero-order chi connectivity index (χ0) is 15.8. The molecule has 1 amide bonds. The standard InChI is InChI=1S/C17H19N5O/c1-12-7-13-9-19-20-16(13)15(8-12)17(23)21-5-2-3-14(10-21)22-6-4-18-11-22/h4,6-9,11,14H,2-3,5,10H2,1H3,(H,19,20). The average molecular weight is 309 g/mol. The number of aromatic nitrogens is 4. The van der Waals surface area contributed by atoms with Crippen molar-refractivity contribution in [2.45, 2.75) is 25.8 Å². The van der Waals surface area contributed by atoms with E-state index in [0.29, 0.717) is 11.6 Å². The minimum Gasteiger partial charge on any atom is -0.337 e. The molecule has 118 valence electrons. The molecular weight excluding hydrogens is 290 g/mol. The molecule has 1 fully saturated rings. The molecule has 3 aromatic rings. The van der Waals surface area contributed by atoms with Gasteiger partial charge in [0, 0.05) is 30.9 Å². The highest BCUT2D eigenvalue weighted by Crippen LogP contribution is 2.25. The van der Waals surface area contributed by atoms with E-state index < -0.39 is 0 Å². The number of rotatable bonds is 2. The van der Waals surface area contributed by atoms with Crippen molar-refractivity contribution in [1.82, 2.24) is 24.6 Å². The van der Waals surface area contributed by atoms with Crippen LogP contribution in [-0.4, -0.2) is 43.6 Å². The van der Waals surface area contributed by atoms with Gasteiger partial charge in [-0.05, 0) is 37.5 Å². The molecule has 0 radical (unpaired) electrons. The fourth-order valence-corrected chi connectivity index (χ4v) is 3.41. The van der Waals surface area contributed by atoms with Crippen LogP contribution in [0.2, 0.25) is 0 Å². The van der Waals surface area contributed by atoms with Crippen LogP contribution in [0.5, 0.6) is 0 Å². The highest BCUT2D eigenvalue weighted by Gasteiger charge is 2.26. The van der Waals surface area contributed by atoms with Crippen molar-refractivity contribution >= 4 is 16.8 Å². The SMILES string of the molecule is Cc1cc(C(=O)N2CCCC(n3ccnc3)C2)c2[nH]ncc2c1. The number of fused-ring (bicyclic) bond motifs is 1. The zero-order valence-corrected chi connectivity index (χ0v) is 13.1. The molecule has 0 aliphatic carbocycles. The van der Waals surface area contributed by atoms with Crippen LogP contribution in [-0.2, 0) is 0 Å². The minimum atomic E-state index is 0.0766. The van der Waals surface area contributed by atoms with E-state index in [1.54, 1.807) is 12.4 Å². The first-order chi connectivity index (χ1) is 11.2. The second-order valence-corrected chi connectivity index (χ2v) is 6.20. The summed E-state index contributed by atoms with van der Waals surface area (Å²) in [6, 6.07) is 4.29. The number of nitrogens with zero attached hydrogens (tertiary/aromatic N) is 4. The number of aromatic amines is 1. The Morgan fingerprint density at radius 2 is 2.30 bits per heavy atom. The Labute approximate surface area is 134 Å². The second kappa shape index (κ2) is 5.53. The van der Waals surface area contributed by atoms with Gasteiger partial charge in [-0.3, -0.25) is 9.89 Å². The Hall–Kier alpha value is -2.63. The summed E-state index contributed by atoms with van der Waals surface area (Å²) in [6.45, 7) is 3.53. The maximum atomic E-state index is 13.0. The predicted molar refractivity (Wildman–Crippen MR) is 87.2 cm³/mol. The van der Waals surface area contributed by atoms with Gasteiger partial charge in [-0.25, -0.2) is 4.98 Å². The van der Waals surface area contributed by atoms with Crippen LogP contribution in [0, 0.1) is 6.92 Å². The van der Waals surface area contributed by atoms with Crippen molar-refractivity contribution < 1.29 is 4.79 Å². The minimum absolute atomic E-state index is 0.0766. The van der Waals surface area contributed by atoms with Crippen molar-refractivity contribution in [3.63, 3.8) is 0 Å². The first-order valence-corrected chi connectivity index (χ1v) is 7.93. The number of nitrogens with one attached hydrogen (secondary N) is 1. The monoisotopic (exact) mass is 309 g/mol. The average Bonchev–Trinajstić information content (AvgIpc) is 3.24. The number of hydrogen-bond acceptors (Lipinski definition) is 3. The number of amides is 1.